The average molecular weight is 352 g/mol. The first-order valence-electron chi connectivity index (χ1n) is 7.03. The molecule has 0 radical (unpaired) electrons. The Morgan fingerprint density at radius 3 is 2.56 bits per heavy atom. The molecule has 0 aromatic carbocycles. The van der Waals surface area contributed by atoms with Crippen molar-refractivity contribution >= 4 is 0 Å². The van der Waals surface area contributed by atoms with Crippen LogP contribution in [0.3, 0.4) is 0 Å². The van der Waals surface area contributed by atoms with Crippen molar-refractivity contribution in [3.05, 3.63) is 59.0 Å². The van der Waals surface area contributed by atoms with Gasteiger partial charge in [0.05, 0.1) is 12.0 Å². The Morgan fingerprint density at radius 1 is 1.16 bits per heavy atom. The number of rotatable bonds is 5. The zero-order chi connectivity index (χ0) is 17.9. The predicted octanol–water partition coefficient (Wildman–Crippen LogP) is 2.28. The molecule has 7 nitrogen and oxygen atoms in total. The fourth-order valence-electron chi connectivity index (χ4n) is 1.94. The molecule has 0 saturated heterocycles. The van der Waals surface area contributed by atoms with Gasteiger partial charge >= 0.3 is 12.2 Å². The van der Waals surface area contributed by atoms with E-state index < -0.39 is 18.8 Å². The van der Waals surface area contributed by atoms with Gasteiger partial charge in [0.25, 0.3) is 5.56 Å². The number of ether oxygens (including phenoxy) is 1. The average Bonchev–Trinajstić information content (AvgIpc) is 3.08. The predicted molar refractivity (Wildman–Crippen MR) is 78.9 cm³/mol. The lowest BCUT2D eigenvalue weighted by molar-refractivity contribution is -0.154. The van der Waals surface area contributed by atoms with Crippen molar-refractivity contribution in [3.63, 3.8) is 0 Å². The van der Waals surface area contributed by atoms with Gasteiger partial charge in [0.2, 0.25) is 0 Å². The van der Waals surface area contributed by atoms with Crippen LogP contribution in [0.5, 0.6) is 6.01 Å². The van der Waals surface area contributed by atoms with Crippen LogP contribution in [0.25, 0.3) is 11.3 Å². The van der Waals surface area contributed by atoms with Crippen LogP contribution in [0.15, 0.2) is 52.1 Å². The fourth-order valence-corrected chi connectivity index (χ4v) is 1.94. The number of nitrogens with zero attached hydrogens (tertiary/aromatic N) is 4. The summed E-state index contributed by atoms with van der Waals surface area (Å²) < 4.78 is 47.1. The summed E-state index contributed by atoms with van der Waals surface area (Å²) in [6.45, 7) is -1.33. The van der Waals surface area contributed by atoms with Gasteiger partial charge in [-0.25, -0.2) is 14.6 Å². The van der Waals surface area contributed by atoms with Gasteiger partial charge < -0.3 is 9.15 Å². The maximum atomic E-state index is 12.1. The van der Waals surface area contributed by atoms with E-state index in [2.05, 4.69) is 19.8 Å². The molecule has 0 unspecified atom stereocenters. The number of hydrogen-bond acceptors (Lipinski definition) is 6. The molecule has 25 heavy (non-hydrogen) atoms. The molecular formula is C15H11F3N4O3. The highest BCUT2D eigenvalue weighted by molar-refractivity contribution is 5.55. The molecule has 130 valence electrons. The van der Waals surface area contributed by atoms with E-state index in [0.29, 0.717) is 17.0 Å². The zero-order valence-corrected chi connectivity index (χ0v) is 12.6. The molecule has 0 amide bonds. The lowest BCUT2D eigenvalue weighted by Crippen LogP contribution is -2.22. The first kappa shape index (κ1) is 16.7. The molecule has 0 bridgehead atoms. The Labute approximate surface area is 138 Å². The largest absolute Gasteiger partial charge is 0.467 e. The molecule has 0 aliphatic rings. The number of furan rings is 1. The van der Waals surface area contributed by atoms with Gasteiger partial charge in [0.15, 0.2) is 6.61 Å². The zero-order valence-electron chi connectivity index (χ0n) is 12.6. The lowest BCUT2D eigenvalue weighted by atomic mass is 10.2. The third-order valence-corrected chi connectivity index (χ3v) is 3.04. The summed E-state index contributed by atoms with van der Waals surface area (Å²) in [4.78, 5) is 19.3. The quantitative estimate of drug-likeness (QED) is 0.701. The van der Waals surface area contributed by atoms with Crippen molar-refractivity contribution in [2.24, 2.45) is 0 Å². The fraction of sp³-hybridized carbons (Fsp3) is 0.200. The molecule has 3 aromatic rings. The van der Waals surface area contributed by atoms with Crippen LogP contribution >= 0.6 is 0 Å². The molecule has 0 fully saturated rings. The van der Waals surface area contributed by atoms with E-state index in [1.165, 1.54) is 35.5 Å². The van der Waals surface area contributed by atoms with Crippen LogP contribution in [0.1, 0.15) is 5.76 Å². The molecule has 0 atom stereocenters. The summed E-state index contributed by atoms with van der Waals surface area (Å²) in [5, 5.41) is 4.18. The smallest absolute Gasteiger partial charge is 0.422 e. The Hall–Kier alpha value is -3.17. The standard InChI is InChI=1S/C15H11F3N4O3/c16-15(17,18)9-25-14-19-6-10(7-20-14)12-3-4-13(23)22(21-12)8-11-2-1-5-24-11/h1-7H,8-9H2. The minimum atomic E-state index is -4.47. The van der Waals surface area contributed by atoms with Gasteiger partial charge in [0.1, 0.15) is 12.3 Å². The summed E-state index contributed by atoms with van der Waals surface area (Å²) >= 11 is 0. The van der Waals surface area contributed by atoms with Gasteiger partial charge in [-0.2, -0.15) is 18.3 Å². The van der Waals surface area contributed by atoms with E-state index in [1.807, 2.05) is 0 Å². The summed E-state index contributed by atoms with van der Waals surface area (Å²) in [6.07, 6.45) is -0.450. The van der Waals surface area contributed by atoms with Crippen LogP contribution in [-0.4, -0.2) is 32.5 Å². The van der Waals surface area contributed by atoms with Gasteiger partial charge in [-0.05, 0) is 18.2 Å². The SMILES string of the molecule is O=c1ccc(-c2cnc(OCC(F)(F)F)nc2)nn1Cc1ccco1. The Morgan fingerprint density at radius 2 is 1.92 bits per heavy atom. The highest BCUT2D eigenvalue weighted by atomic mass is 19.4. The molecule has 0 aliphatic heterocycles. The Balaban J connectivity index is 1.78. The highest BCUT2D eigenvalue weighted by Gasteiger charge is 2.28. The Kier molecular flexibility index (Phi) is 4.50. The van der Waals surface area contributed by atoms with Crippen molar-refractivity contribution in [2.45, 2.75) is 12.7 Å². The van der Waals surface area contributed by atoms with Crippen LogP contribution in [0, 0.1) is 0 Å². The van der Waals surface area contributed by atoms with Crippen LogP contribution in [0.4, 0.5) is 13.2 Å². The van der Waals surface area contributed by atoms with E-state index in [9.17, 15) is 18.0 Å². The van der Waals surface area contributed by atoms with Gasteiger partial charge in [0, 0.05) is 24.0 Å². The highest BCUT2D eigenvalue weighted by Crippen LogP contribution is 2.18. The first-order chi connectivity index (χ1) is 11.9. The normalized spacial score (nSPS) is 11.5. The van der Waals surface area contributed by atoms with Crippen molar-refractivity contribution < 1.29 is 22.3 Å². The third kappa shape index (κ3) is 4.43. The summed E-state index contributed by atoms with van der Waals surface area (Å²) in [5.74, 6) is 0.555. The summed E-state index contributed by atoms with van der Waals surface area (Å²) in [6, 6.07) is 5.79. The van der Waals surface area contributed by atoms with E-state index in [4.69, 9.17) is 4.42 Å². The maximum Gasteiger partial charge on any atom is 0.422 e. The van der Waals surface area contributed by atoms with E-state index in [-0.39, 0.29) is 12.1 Å². The van der Waals surface area contributed by atoms with Crippen LogP contribution in [0.2, 0.25) is 0 Å². The molecule has 3 aromatic heterocycles. The number of hydrogen-bond donors (Lipinski definition) is 0. The second-order valence-corrected chi connectivity index (χ2v) is 4.95. The number of alkyl halides is 3. The molecule has 0 aliphatic carbocycles. The molecule has 10 heteroatoms. The van der Waals surface area contributed by atoms with E-state index >= 15 is 0 Å². The third-order valence-electron chi connectivity index (χ3n) is 3.04. The summed E-state index contributed by atoms with van der Waals surface area (Å²) in [7, 11) is 0. The molecule has 0 spiro atoms. The number of aromatic nitrogens is 4. The van der Waals surface area contributed by atoms with Crippen molar-refractivity contribution in [1.82, 2.24) is 19.7 Å². The molecule has 3 rings (SSSR count). The topological polar surface area (TPSA) is 83.0 Å². The van der Waals surface area contributed by atoms with E-state index in [1.54, 1.807) is 12.1 Å². The lowest BCUT2D eigenvalue weighted by Gasteiger charge is -2.08. The molecule has 0 saturated carbocycles. The van der Waals surface area contributed by atoms with Crippen molar-refractivity contribution in [1.29, 1.82) is 0 Å². The van der Waals surface area contributed by atoms with Gasteiger partial charge in [-0.3, -0.25) is 4.79 Å². The second-order valence-electron chi connectivity index (χ2n) is 4.95. The minimum Gasteiger partial charge on any atom is -0.467 e. The van der Waals surface area contributed by atoms with Crippen LogP contribution < -0.4 is 10.3 Å². The minimum absolute atomic E-state index is 0.146. The first-order valence-corrected chi connectivity index (χ1v) is 7.03. The second kappa shape index (κ2) is 6.75. The molecular weight excluding hydrogens is 341 g/mol. The van der Waals surface area contributed by atoms with Gasteiger partial charge in [-0.1, -0.05) is 0 Å². The maximum absolute atomic E-state index is 12.1. The Bertz CT molecular complexity index is 890. The van der Waals surface area contributed by atoms with Crippen molar-refractivity contribution in [3.8, 4) is 17.3 Å². The molecule has 3 heterocycles. The van der Waals surface area contributed by atoms with Gasteiger partial charge in [-0.15, -0.1) is 0 Å². The monoisotopic (exact) mass is 352 g/mol. The van der Waals surface area contributed by atoms with Crippen LogP contribution in [-0.2, 0) is 6.54 Å². The number of halogens is 3. The summed E-state index contributed by atoms with van der Waals surface area (Å²) in [5.41, 5.74) is 0.479. The van der Waals surface area contributed by atoms with E-state index in [0.717, 1.165) is 0 Å². The van der Waals surface area contributed by atoms with Crippen molar-refractivity contribution in [2.75, 3.05) is 6.61 Å². The molecule has 0 N–H and O–H groups in total.